The Kier molecular flexibility index (Phi) is 3.16. The highest BCUT2D eigenvalue weighted by molar-refractivity contribution is 9.10. The van der Waals surface area contributed by atoms with Crippen molar-refractivity contribution in [1.82, 2.24) is 0 Å². The molecule has 5 aromatic rings. The lowest BCUT2D eigenvalue weighted by molar-refractivity contribution is 0.795. The SMILES string of the molecule is Brc1ccc2c(c1)-c1cc3ccccc3cc1C21c2ccccc2-c2ccccc21. The van der Waals surface area contributed by atoms with Crippen LogP contribution in [0, 0.1) is 0 Å². The van der Waals surface area contributed by atoms with Crippen molar-refractivity contribution in [3.8, 4) is 22.3 Å². The summed E-state index contributed by atoms with van der Waals surface area (Å²) in [4.78, 5) is 0. The van der Waals surface area contributed by atoms with Crippen LogP contribution >= 0.6 is 15.9 Å². The Bertz CT molecular complexity index is 1460. The van der Waals surface area contributed by atoms with Gasteiger partial charge in [-0.1, -0.05) is 94.8 Å². The first kappa shape index (κ1) is 16.6. The molecule has 0 N–H and O–H groups in total. The molecule has 0 radical (unpaired) electrons. The quantitative estimate of drug-likeness (QED) is 0.222. The predicted octanol–water partition coefficient (Wildman–Crippen LogP) is 7.95. The topological polar surface area (TPSA) is 0 Å². The zero-order valence-electron chi connectivity index (χ0n) is 16.2. The molecule has 1 heteroatoms. The van der Waals surface area contributed by atoms with Gasteiger partial charge in [-0.05, 0) is 79.5 Å². The van der Waals surface area contributed by atoms with Crippen molar-refractivity contribution in [1.29, 1.82) is 0 Å². The van der Waals surface area contributed by atoms with E-state index in [2.05, 4.69) is 119 Å². The molecule has 2 aliphatic rings. The van der Waals surface area contributed by atoms with Crippen molar-refractivity contribution in [3.05, 3.63) is 130 Å². The van der Waals surface area contributed by atoms with Crippen LogP contribution < -0.4 is 0 Å². The van der Waals surface area contributed by atoms with Gasteiger partial charge in [0.15, 0.2) is 0 Å². The van der Waals surface area contributed by atoms with Gasteiger partial charge in [0.2, 0.25) is 0 Å². The summed E-state index contributed by atoms with van der Waals surface area (Å²) in [5.74, 6) is 0. The summed E-state index contributed by atoms with van der Waals surface area (Å²) in [7, 11) is 0. The molecule has 5 aromatic carbocycles. The number of fused-ring (bicyclic) bond motifs is 11. The predicted molar refractivity (Wildman–Crippen MR) is 128 cm³/mol. The van der Waals surface area contributed by atoms with Crippen molar-refractivity contribution in [2.24, 2.45) is 0 Å². The fraction of sp³-hybridized carbons (Fsp3) is 0.0345. The van der Waals surface area contributed by atoms with E-state index < -0.39 is 0 Å². The summed E-state index contributed by atoms with van der Waals surface area (Å²) in [5, 5.41) is 2.59. The maximum atomic E-state index is 3.73. The second-order valence-electron chi connectivity index (χ2n) is 8.28. The third-order valence-electron chi connectivity index (χ3n) is 6.92. The normalized spacial score (nSPS) is 14.4. The molecule has 0 unspecified atom stereocenters. The molecular formula is C29H17Br. The molecule has 140 valence electrons. The molecule has 0 saturated carbocycles. The number of rotatable bonds is 0. The van der Waals surface area contributed by atoms with Crippen LogP contribution in [0.1, 0.15) is 22.3 Å². The van der Waals surface area contributed by atoms with Crippen molar-refractivity contribution in [2.75, 3.05) is 0 Å². The van der Waals surface area contributed by atoms with Gasteiger partial charge >= 0.3 is 0 Å². The average Bonchev–Trinajstić information content (AvgIpc) is 3.24. The lowest BCUT2D eigenvalue weighted by Gasteiger charge is -2.30. The van der Waals surface area contributed by atoms with Crippen LogP contribution in [0.4, 0.5) is 0 Å². The van der Waals surface area contributed by atoms with Crippen molar-refractivity contribution < 1.29 is 0 Å². The summed E-state index contributed by atoms with van der Waals surface area (Å²) in [6.45, 7) is 0. The van der Waals surface area contributed by atoms with Gasteiger partial charge in [0.1, 0.15) is 0 Å². The molecule has 0 aromatic heterocycles. The highest BCUT2D eigenvalue weighted by Gasteiger charge is 2.51. The Balaban J connectivity index is 1.74. The Morgan fingerprint density at radius 3 is 1.67 bits per heavy atom. The molecule has 2 aliphatic carbocycles. The van der Waals surface area contributed by atoms with E-state index in [1.807, 2.05) is 0 Å². The lowest BCUT2D eigenvalue weighted by atomic mass is 9.70. The van der Waals surface area contributed by atoms with E-state index in [1.54, 1.807) is 0 Å². The standard InChI is InChI=1S/C29H17Br/c30-20-13-14-27-24(17-20)23-15-18-7-1-2-8-19(18)16-28(23)29(27)25-11-5-3-9-21(25)22-10-4-6-12-26(22)29/h1-17H. The maximum absolute atomic E-state index is 3.73. The monoisotopic (exact) mass is 444 g/mol. The molecule has 0 bridgehead atoms. The summed E-state index contributed by atoms with van der Waals surface area (Å²) in [6, 6.07) is 38.2. The summed E-state index contributed by atoms with van der Waals surface area (Å²) in [5.41, 5.74) is 10.7. The van der Waals surface area contributed by atoms with Crippen molar-refractivity contribution in [3.63, 3.8) is 0 Å². The zero-order valence-corrected chi connectivity index (χ0v) is 17.8. The van der Waals surface area contributed by atoms with Gasteiger partial charge in [-0.25, -0.2) is 0 Å². The molecule has 0 fully saturated rings. The molecule has 0 heterocycles. The third-order valence-corrected chi connectivity index (χ3v) is 7.41. The molecule has 0 saturated heterocycles. The average molecular weight is 445 g/mol. The van der Waals surface area contributed by atoms with Crippen LogP contribution in [0.3, 0.4) is 0 Å². The van der Waals surface area contributed by atoms with Gasteiger partial charge in [-0.15, -0.1) is 0 Å². The molecule has 0 amide bonds. The first-order valence-electron chi connectivity index (χ1n) is 10.3. The van der Waals surface area contributed by atoms with E-state index >= 15 is 0 Å². The van der Waals surface area contributed by atoms with Crippen molar-refractivity contribution in [2.45, 2.75) is 5.41 Å². The fourth-order valence-electron chi connectivity index (χ4n) is 5.80. The van der Waals surface area contributed by atoms with Crippen LogP contribution in [0.5, 0.6) is 0 Å². The van der Waals surface area contributed by atoms with Crippen LogP contribution in [-0.2, 0) is 5.41 Å². The van der Waals surface area contributed by atoms with E-state index in [0.29, 0.717) is 0 Å². The molecule has 0 atom stereocenters. The van der Waals surface area contributed by atoms with Gasteiger partial charge in [0, 0.05) is 4.47 Å². The highest BCUT2D eigenvalue weighted by Crippen LogP contribution is 2.63. The van der Waals surface area contributed by atoms with Gasteiger partial charge in [-0.3, -0.25) is 0 Å². The zero-order chi connectivity index (χ0) is 19.9. The first-order valence-corrected chi connectivity index (χ1v) is 11.1. The smallest absolute Gasteiger partial charge is 0.0619 e. The molecule has 0 nitrogen and oxygen atoms in total. The van der Waals surface area contributed by atoms with Crippen LogP contribution in [0.25, 0.3) is 33.0 Å². The van der Waals surface area contributed by atoms with Gasteiger partial charge in [-0.2, -0.15) is 0 Å². The van der Waals surface area contributed by atoms with Crippen LogP contribution in [-0.4, -0.2) is 0 Å². The molecule has 0 aliphatic heterocycles. The largest absolute Gasteiger partial charge is 0.0725 e. The Morgan fingerprint density at radius 2 is 0.967 bits per heavy atom. The van der Waals surface area contributed by atoms with E-state index in [4.69, 9.17) is 0 Å². The second kappa shape index (κ2) is 5.71. The van der Waals surface area contributed by atoms with E-state index in [9.17, 15) is 0 Å². The molecular weight excluding hydrogens is 428 g/mol. The number of halogens is 1. The minimum absolute atomic E-state index is 0.261. The summed E-state index contributed by atoms with van der Waals surface area (Å²) in [6.07, 6.45) is 0. The summed E-state index contributed by atoms with van der Waals surface area (Å²) >= 11 is 3.73. The van der Waals surface area contributed by atoms with E-state index in [-0.39, 0.29) is 5.41 Å². The number of hydrogen-bond donors (Lipinski definition) is 0. The Labute approximate surface area is 184 Å². The van der Waals surface area contributed by atoms with Gasteiger partial charge < -0.3 is 0 Å². The van der Waals surface area contributed by atoms with Crippen LogP contribution in [0.15, 0.2) is 108 Å². The lowest BCUT2D eigenvalue weighted by Crippen LogP contribution is -2.25. The Hall–Kier alpha value is -3.16. The minimum atomic E-state index is -0.261. The summed E-state index contributed by atoms with van der Waals surface area (Å²) < 4.78 is 1.12. The Morgan fingerprint density at radius 1 is 0.433 bits per heavy atom. The molecule has 7 rings (SSSR count). The fourth-order valence-corrected chi connectivity index (χ4v) is 6.16. The second-order valence-corrected chi connectivity index (χ2v) is 9.19. The van der Waals surface area contributed by atoms with Crippen LogP contribution in [0.2, 0.25) is 0 Å². The first-order chi connectivity index (χ1) is 14.8. The van der Waals surface area contributed by atoms with E-state index in [0.717, 1.165) is 4.47 Å². The number of benzene rings is 5. The van der Waals surface area contributed by atoms with Gasteiger partial charge in [0.05, 0.1) is 5.41 Å². The van der Waals surface area contributed by atoms with Crippen molar-refractivity contribution >= 4 is 26.7 Å². The highest BCUT2D eigenvalue weighted by atomic mass is 79.9. The van der Waals surface area contributed by atoms with E-state index in [1.165, 1.54) is 55.3 Å². The molecule has 1 spiro atoms. The van der Waals surface area contributed by atoms with Gasteiger partial charge in [0.25, 0.3) is 0 Å². The molecule has 30 heavy (non-hydrogen) atoms. The maximum Gasteiger partial charge on any atom is 0.0725 e. The third kappa shape index (κ3) is 1.87. The minimum Gasteiger partial charge on any atom is -0.0619 e. The number of hydrogen-bond acceptors (Lipinski definition) is 0.